The molecule has 1 aliphatic carbocycles. The maximum atomic E-state index is 13.6. The van der Waals surface area contributed by atoms with E-state index >= 15 is 0 Å². The van der Waals surface area contributed by atoms with Gasteiger partial charge in [0.05, 0.1) is 6.54 Å². The molecule has 0 bridgehead atoms. The lowest BCUT2D eigenvalue weighted by molar-refractivity contribution is 0.0955. The molecule has 4 nitrogen and oxygen atoms in total. The Morgan fingerprint density at radius 1 is 1.06 bits per heavy atom. The number of rotatable bonds is 7. The number of nitrogens with zero attached hydrogens (tertiary/aromatic N) is 1. The average Bonchev–Trinajstić information content (AvgIpc) is 3.08. The third kappa shape index (κ3) is 5.56. The minimum Gasteiger partial charge on any atom is -0.507 e. The molecule has 1 aliphatic heterocycles. The molecule has 204 valence electrons. The summed E-state index contributed by atoms with van der Waals surface area (Å²) in [5.74, 6) is 2.43. The van der Waals surface area contributed by atoms with Crippen LogP contribution in [0.3, 0.4) is 0 Å². The number of aromatic hydroxyl groups is 1. The second-order valence-electron chi connectivity index (χ2n) is 14.1. The topological polar surface area (TPSA) is 64.4 Å². The van der Waals surface area contributed by atoms with Crippen LogP contribution in [0.1, 0.15) is 123 Å². The zero-order valence-corrected chi connectivity index (χ0v) is 26.2. The number of carbonyl (C=O) groups is 1. The van der Waals surface area contributed by atoms with Crippen LogP contribution in [0.4, 0.5) is 0 Å². The normalized spacial score (nSPS) is 26.4. The van der Waals surface area contributed by atoms with E-state index in [0.29, 0.717) is 23.1 Å². The summed E-state index contributed by atoms with van der Waals surface area (Å²) in [6.45, 7) is 22.6. The number of Topliss-reactive ketones (excluding diaryl/α,β-unsaturated/α-hetero) is 1. The molecular formula is C31H51BrN2O2. The fourth-order valence-corrected chi connectivity index (χ4v) is 6.83. The summed E-state index contributed by atoms with van der Waals surface area (Å²) in [6, 6.07) is 3.76. The van der Waals surface area contributed by atoms with E-state index in [2.05, 4.69) is 69.2 Å². The van der Waals surface area contributed by atoms with Crippen molar-refractivity contribution in [2.75, 3.05) is 13.1 Å². The minimum absolute atomic E-state index is 0. The van der Waals surface area contributed by atoms with Gasteiger partial charge >= 0.3 is 0 Å². The van der Waals surface area contributed by atoms with Crippen molar-refractivity contribution >= 4 is 28.6 Å². The first-order valence-corrected chi connectivity index (χ1v) is 13.7. The molecule has 0 amide bonds. The van der Waals surface area contributed by atoms with Gasteiger partial charge in [0.1, 0.15) is 11.6 Å². The van der Waals surface area contributed by atoms with Crippen molar-refractivity contribution in [3.05, 3.63) is 28.8 Å². The van der Waals surface area contributed by atoms with Gasteiger partial charge in [-0.1, -0.05) is 82.1 Å². The number of fused-ring (bicyclic) bond motifs is 1. The second-order valence-corrected chi connectivity index (χ2v) is 14.1. The molecule has 2 N–H and O–H groups in total. The molecule has 1 saturated heterocycles. The highest BCUT2D eigenvalue weighted by molar-refractivity contribution is 8.93. The first-order chi connectivity index (χ1) is 16.0. The van der Waals surface area contributed by atoms with Crippen LogP contribution >= 0.6 is 17.0 Å². The third-order valence-corrected chi connectivity index (χ3v) is 9.35. The van der Waals surface area contributed by atoms with Gasteiger partial charge in [-0.15, -0.1) is 17.0 Å². The SMILES string of the molecule is Br.CCC(CC)CC1CC2(C)CN(CC(=O)c3cc(C(C)(C)C)c(O)c(C(C)(C)C)c3)C(=N)C2(C)C1. The first kappa shape index (κ1) is 30.9. The lowest BCUT2D eigenvalue weighted by Gasteiger charge is -2.31. The number of nitrogens with one attached hydrogen (secondary N) is 1. The molecule has 0 spiro atoms. The van der Waals surface area contributed by atoms with Gasteiger partial charge in [-0.2, -0.15) is 0 Å². The number of benzene rings is 1. The monoisotopic (exact) mass is 562 g/mol. The Hall–Kier alpha value is -1.36. The number of phenols is 1. The number of hydrogen-bond acceptors (Lipinski definition) is 3. The summed E-state index contributed by atoms with van der Waals surface area (Å²) in [5.41, 5.74) is 1.60. The van der Waals surface area contributed by atoms with Gasteiger partial charge in [-0.05, 0) is 59.5 Å². The van der Waals surface area contributed by atoms with Gasteiger partial charge < -0.3 is 10.0 Å². The molecule has 3 rings (SSSR count). The van der Waals surface area contributed by atoms with Crippen LogP contribution in [-0.4, -0.2) is 34.7 Å². The molecule has 1 heterocycles. The lowest BCUT2D eigenvalue weighted by Crippen LogP contribution is -2.36. The summed E-state index contributed by atoms with van der Waals surface area (Å²) >= 11 is 0. The maximum Gasteiger partial charge on any atom is 0.182 e. The number of likely N-dealkylation sites (tertiary alicyclic amines) is 1. The van der Waals surface area contributed by atoms with E-state index in [1.54, 1.807) is 0 Å². The fourth-order valence-electron chi connectivity index (χ4n) is 6.83. The van der Waals surface area contributed by atoms with Gasteiger partial charge in [-0.3, -0.25) is 10.2 Å². The van der Waals surface area contributed by atoms with Crippen LogP contribution in [0.15, 0.2) is 12.1 Å². The van der Waals surface area contributed by atoms with Crippen LogP contribution in [0.5, 0.6) is 5.75 Å². The quantitative estimate of drug-likeness (QED) is 0.328. The standard InChI is InChI=1S/C31H50N2O2.BrH/c1-11-20(12-2)13-21-16-30(9)19-33(27(32)31(30,10)17-21)18-25(34)22-14-23(28(3,4)5)26(35)24(15-22)29(6,7)8;/h14-15,20-21,32,35H,11-13,16-19H2,1-10H3;1H. The van der Waals surface area contributed by atoms with Crippen molar-refractivity contribution < 1.29 is 9.90 Å². The van der Waals surface area contributed by atoms with Crippen molar-refractivity contribution in [1.82, 2.24) is 4.90 Å². The van der Waals surface area contributed by atoms with Crippen molar-refractivity contribution in [3.63, 3.8) is 0 Å². The van der Waals surface area contributed by atoms with Crippen molar-refractivity contribution in [1.29, 1.82) is 5.41 Å². The highest BCUT2D eigenvalue weighted by Gasteiger charge is 2.61. The van der Waals surface area contributed by atoms with Gasteiger partial charge in [0.2, 0.25) is 0 Å². The molecule has 36 heavy (non-hydrogen) atoms. The Balaban J connectivity index is 0.00000456. The van der Waals surface area contributed by atoms with Gasteiger partial charge in [-0.25, -0.2) is 0 Å². The summed E-state index contributed by atoms with van der Waals surface area (Å²) in [5, 5.41) is 20.2. The molecule has 3 atom stereocenters. The van der Waals surface area contributed by atoms with E-state index in [1.165, 1.54) is 19.3 Å². The Morgan fingerprint density at radius 3 is 1.97 bits per heavy atom. The zero-order valence-electron chi connectivity index (χ0n) is 24.5. The Morgan fingerprint density at radius 2 is 1.56 bits per heavy atom. The third-order valence-electron chi connectivity index (χ3n) is 9.35. The number of carbonyl (C=O) groups excluding carboxylic acids is 1. The first-order valence-electron chi connectivity index (χ1n) is 13.7. The van der Waals surface area contributed by atoms with E-state index in [-0.39, 0.29) is 51.0 Å². The molecule has 0 radical (unpaired) electrons. The maximum absolute atomic E-state index is 13.6. The molecule has 2 aliphatic rings. The van der Waals surface area contributed by atoms with Crippen LogP contribution < -0.4 is 0 Å². The summed E-state index contributed by atoms with van der Waals surface area (Å²) in [6.07, 6.45) is 5.94. The van der Waals surface area contributed by atoms with Gasteiger partial charge in [0.25, 0.3) is 0 Å². The molecule has 0 aromatic heterocycles. The van der Waals surface area contributed by atoms with E-state index in [1.807, 2.05) is 17.0 Å². The van der Waals surface area contributed by atoms with Crippen molar-refractivity contribution in [3.8, 4) is 5.75 Å². The number of ketones is 1. The predicted molar refractivity (Wildman–Crippen MR) is 157 cm³/mol. The number of hydrogen-bond donors (Lipinski definition) is 2. The summed E-state index contributed by atoms with van der Waals surface area (Å²) < 4.78 is 0. The van der Waals surface area contributed by atoms with Crippen LogP contribution in [0.25, 0.3) is 0 Å². The Labute approximate surface area is 230 Å². The van der Waals surface area contributed by atoms with Crippen molar-refractivity contribution in [2.24, 2.45) is 22.7 Å². The number of amidine groups is 1. The zero-order chi connectivity index (χ0) is 26.6. The average molecular weight is 564 g/mol. The Kier molecular flexibility index (Phi) is 8.93. The second kappa shape index (κ2) is 10.4. The predicted octanol–water partition coefficient (Wildman–Crippen LogP) is 8.29. The fraction of sp³-hybridized carbons (Fsp3) is 0.742. The molecular weight excluding hydrogens is 512 g/mol. The lowest BCUT2D eigenvalue weighted by atomic mass is 9.70. The molecule has 1 aromatic carbocycles. The summed E-state index contributed by atoms with van der Waals surface area (Å²) in [7, 11) is 0. The molecule has 1 aromatic rings. The van der Waals surface area contributed by atoms with E-state index in [0.717, 1.165) is 36.4 Å². The Bertz CT molecular complexity index is 950. The largest absolute Gasteiger partial charge is 0.507 e. The molecule has 2 fully saturated rings. The molecule has 3 unspecified atom stereocenters. The van der Waals surface area contributed by atoms with Gasteiger partial charge in [0.15, 0.2) is 5.78 Å². The molecule has 1 saturated carbocycles. The van der Waals surface area contributed by atoms with Crippen molar-refractivity contribution in [2.45, 2.75) is 112 Å². The van der Waals surface area contributed by atoms with Crippen LogP contribution in [0, 0.1) is 28.1 Å². The van der Waals surface area contributed by atoms with Crippen LogP contribution in [0.2, 0.25) is 0 Å². The van der Waals surface area contributed by atoms with Crippen LogP contribution in [-0.2, 0) is 10.8 Å². The minimum atomic E-state index is -0.275. The highest BCUT2D eigenvalue weighted by Crippen LogP contribution is 2.61. The smallest absolute Gasteiger partial charge is 0.182 e. The van der Waals surface area contributed by atoms with E-state index < -0.39 is 0 Å². The van der Waals surface area contributed by atoms with Gasteiger partial charge in [0, 0.05) is 28.7 Å². The summed E-state index contributed by atoms with van der Waals surface area (Å²) in [4.78, 5) is 15.6. The number of phenolic OH excluding ortho intramolecular Hbond substituents is 1. The molecule has 5 heteroatoms. The number of halogens is 1. The van der Waals surface area contributed by atoms with E-state index in [9.17, 15) is 9.90 Å². The highest BCUT2D eigenvalue weighted by atomic mass is 79.9. The van der Waals surface area contributed by atoms with E-state index in [4.69, 9.17) is 5.41 Å².